The maximum absolute atomic E-state index is 13.6. The lowest BCUT2D eigenvalue weighted by Gasteiger charge is -2.27. The van der Waals surface area contributed by atoms with Crippen molar-refractivity contribution in [2.24, 2.45) is 12.8 Å². The van der Waals surface area contributed by atoms with Crippen LogP contribution < -0.4 is 11.1 Å². The van der Waals surface area contributed by atoms with Gasteiger partial charge in [-0.15, -0.1) is 0 Å². The highest BCUT2D eigenvalue weighted by atomic mass is 16.3. The highest BCUT2D eigenvalue weighted by Gasteiger charge is 2.38. The van der Waals surface area contributed by atoms with Crippen molar-refractivity contribution in [3.63, 3.8) is 0 Å². The zero-order valence-electron chi connectivity index (χ0n) is 19.9. The summed E-state index contributed by atoms with van der Waals surface area (Å²) >= 11 is 0. The first-order chi connectivity index (χ1) is 16.6. The van der Waals surface area contributed by atoms with E-state index in [0.717, 1.165) is 22.2 Å². The first-order valence-electron chi connectivity index (χ1n) is 11.5. The Bertz CT molecular complexity index is 1460. The molecule has 1 aromatic heterocycles. The molecule has 0 radical (unpaired) electrons. The second kappa shape index (κ2) is 8.29. The third kappa shape index (κ3) is 4.04. The van der Waals surface area contributed by atoms with E-state index < -0.39 is 17.6 Å². The van der Waals surface area contributed by atoms with Crippen molar-refractivity contribution in [1.29, 1.82) is 0 Å². The minimum Gasteiger partial charge on any atom is -0.386 e. The topological polar surface area (TPSA) is 101 Å². The molecule has 4 aromatic rings. The second-order valence-electron chi connectivity index (χ2n) is 9.59. The molecule has 35 heavy (non-hydrogen) atoms. The van der Waals surface area contributed by atoms with E-state index in [1.807, 2.05) is 55.7 Å². The summed E-state index contributed by atoms with van der Waals surface area (Å²) in [7, 11) is 2.00. The summed E-state index contributed by atoms with van der Waals surface area (Å²) in [5.41, 5.74) is 9.96. The number of benzene rings is 3. The number of aliphatic hydroxyl groups is 1. The zero-order chi connectivity index (χ0) is 24.9. The molecular weight excluding hydrogens is 440 g/mol. The fraction of sp³-hybridized carbons (Fsp3) is 0.214. The predicted octanol–water partition coefficient (Wildman–Crippen LogP) is 4.33. The van der Waals surface area contributed by atoms with Gasteiger partial charge in [-0.1, -0.05) is 36.4 Å². The highest BCUT2D eigenvalue weighted by Crippen LogP contribution is 2.37. The maximum Gasteiger partial charge on any atom is 0.257 e. The van der Waals surface area contributed by atoms with Crippen molar-refractivity contribution >= 4 is 34.1 Å². The Hall–Kier alpha value is -4.10. The molecule has 0 saturated carbocycles. The fourth-order valence-electron chi connectivity index (χ4n) is 4.80. The lowest BCUT2D eigenvalue weighted by molar-refractivity contribution is -0.122. The fourth-order valence-corrected chi connectivity index (χ4v) is 4.80. The van der Waals surface area contributed by atoms with E-state index in [1.165, 1.54) is 4.90 Å². The molecule has 0 spiro atoms. The van der Waals surface area contributed by atoms with Crippen molar-refractivity contribution < 1.29 is 14.7 Å². The van der Waals surface area contributed by atoms with Gasteiger partial charge in [-0.05, 0) is 60.9 Å². The van der Waals surface area contributed by atoms with Crippen LogP contribution in [-0.2, 0) is 24.0 Å². The van der Waals surface area contributed by atoms with E-state index in [1.54, 1.807) is 38.1 Å². The van der Waals surface area contributed by atoms with Crippen LogP contribution in [0.5, 0.6) is 0 Å². The largest absolute Gasteiger partial charge is 0.386 e. The van der Waals surface area contributed by atoms with Gasteiger partial charge >= 0.3 is 0 Å². The number of nitrogens with zero attached hydrogens (tertiary/aromatic N) is 2. The minimum atomic E-state index is -1.09. The van der Waals surface area contributed by atoms with Crippen molar-refractivity contribution in [1.82, 2.24) is 9.47 Å². The number of fused-ring (bicyclic) bond motifs is 2. The van der Waals surface area contributed by atoms with Crippen LogP contribution in [0, 0.1) is 0 Å². The van der Waals surface area contributed by atoms with Crippen molar-refractivity contribution in [2.45, 2.75) is 32.0 Å². The Morgan fingerprint density at radius 1 is 1.09 bits per heavy atom. The smallest absolute Gasteiger partial charge is 0.257 e. The quantitative estimate of drug-likeness (QED) is 0.392. The molecule has 1 aliphatic heterocycles. The summed E-state index contributed by atoms with van der Waals surface area (Å²) in [5, 5.41) is 14.9. The molecule has 7 heteroatoms. The molecule has 5 rings (SSSR count). The SMILES string of the molecule is Cn1ccc2cc(Nc3cccc4c3C(=O)N(C(C(N)=O)c3cccc(C(C)(C)O)c3)C4)ccc21. The number of carbonyl (C=O) groups is 2. The summed E-state index contributed by atoms with van der Waals surface area (Å²) in [6, 6.07) is 19.8. The van der Waals surface area contributed by atoms with Crippen LogP contribution in [0.1, 0.15) is 46.9 Å². The number of nitrogens with two attached hydrogens (primary N) is 1. The molecule has 1 aliphatic rings. The van der Waals surface area contributed by atoms with Gasteiger partial charge in [0.25, 0.3) is 5.91 Å². The van der Waals surface area contributed by atoms with Crippen LogP contribution in [0.15, 0.2) is 72.9 Å². The number of amides is 2. The van der Waals surface area contributed by atoms with E-state index in [-0.39, 0.29) is 12.5 Å². The molecule has 0 bridgehead atoms. The summed E-state index contributed by atoms with van der Waals surface area (Å²) in [6.45, 7) is 3.61. The molecule has 1 atom stereocenters. The van der Waals surface area contributed by atoms with Gasteiger partial charge in [0.2, 0.25) is 5.91 Å². The average molecular weight is 469 g/mol. The molecule has 3 aromatic carbocycles. The third-order valence-electron chi connectivity index (χ3n) is 6.62. The normalized spacial score (nSPS) is 14.3. The molecular formula is C28H28N4O3. The molecule has 0 fully saturated rings. The number of carbonyl (C=O) groups excluding carboxylic acids is 2. The van der Waals surface area contributed by atoms with E-state index in [2.05, 4.69) is 9.88 Å². The summed E-state index contributed by atoms with van der Waals surface area (Å²) < 4.78 is 2.05. The zero-order valence-corrected chi connectivity index (χ0v) is 19.9. The number of aryl methyl sites for hydroxylation is 1. The van der Waals surface area contributed by atoms with Gasteiger partial charge in [-0.25, -0.2) is 0 Å². The Kier molecular flexibility index (Phi) is 5.37. The number of anilines is 2. The van der Waals surface area contributed by atoms with Crippen LogP contribution in [0.25, 0.3) is 10.9 Å². The van der Waals surface area contributed by atoms with Crippen LogP contribution in [0.4, 0.5) is 11.4 Å². The third-order valence-corrected chi connectivity index (χ3v) is 6.62. The van der Waals surface area contributed by atoms with Gasteiger partial charge in [-0.3, -0.25) is 9.59 Å². The minimum absolute atomic E-state index is 0.263. The van der Waals surface area contributed by atoms with Gasteiger partial charge in [0.1, 0.15) is 6.04 Å². The van der Waals surface area contributed by atoms with Crippen LogP contribution in [0.3, 0.4) is 0 Å². The van der Waals surface area contributed by atoms with Crippen LogP contribution >= 0.6 is 0 Å². The average Bonchev–Trinajstić information content (AvgIpc) is 3.34. The van der Waals surface area contributed by atoms with Gasteiger partial charge in [-0.2, -0.15) is 0 Å². The number of hydrogen-bond acceptors (Lipinski definition) is 4. The Balaban J connectivity index is 1.49. The first-order valence-corrected chi connectivity index (χ1v) is 11.5. The molecule has 7 nitrogen and oxygen atoms in total. The first kappa shape index (κ1) is 22.7. The van der Waals surface area contributed by atoms with Crippen molar-refractivity contribution in [3.8, 4) is 0 Å². The monoisotopic (exact) mass is 468 g/mol. The number of primary amides is 1. The molecule has 4 N–H and O–H groups in total. The summed E-state index contributed by atoms with van der Waals surface area (Å²) in [5.74, 6) is -0.885. The predicted molar refractivity (Wildman–Crippen MR) is 136 cm³/mol. The Labute approximate surface area is 203 Å². The van der Waals surface area contributed by atoms with Gasteiger partial charge in [0.05, 0.1) is 16.9 Å². The molecule has 2 amide bonds. The molecule has 1 unspecified atom stereocenters. The van der Waals surface area contributed by atoms with E-state index in [4.69, 9.17) is 5.73 Å². The highest BCUT2D eigenvalue weighted by molar-refractivity contribution is 6.06. The molecule has 2 heterocycles. The Morgan fingerprint density at radius 2 is 1.86 bits per heavy atom. The van der Waals surface area contributed by atoms with Gasteiger partial charge in [0.15, 0.2) is 0 Å². The number of rotatable bonds is 6. The van der Waals surface area contributed by atoms with E-state index in [0.29, 0.717) is 22.4 Å². The molecule has 0 aliphatic carbocycles. The summed E-state index contributed by atoms with van der Waals surface area (Å²) in [6.07, 6.45) is 2.01. The maximum atomic E-state index is 13.6. The van der Waals surface area contributed by atoms with Crippen molar-refractivity contribution in [3.05, 3.63) is 95.2 Å². The number of aromatic nitrogens is 1. The van der Waals surface area contributed by atoms with Crippen LogP contribution in [-0.4, -0.2) is 26.4 Å². The Morgan fingerprint density at radius 3 is 2.60 bits per heavy atom. The standard InChI is InChI=1S/C28H28N4O3/c1-28(2,35)20-8-4-6-18(14-20)25(26(29)33)32-16-19-7-5-9-22(24(19)27(32)34)30-21-10-11-23-17(15-21)12-13-31(23)3/h4-15,25,30,35H,16H2,1-3H3,(H2,29,33). The lowest BCUT2D eigenvalue weighted by atomic mass is 9.94. The number of nitrogens with one attached hydrogen (secondary N) is 1. The van der Waals surface area contributed by atoms with E-state index >= 15 is 0 Å². The van der Waals surface area contributed by atoms with Gasteiger partial charge in [0, 0.05) is 36.4 Å². The van der Waals surface area contributed by atoms with E-state index in [9.17, 15) is 14.7 Å². The second-order valence-corrected chi connectivity index (χ2v) is 9.59. The molecule has 0 saturated heterocycles. The number of hydrogen-bond donors (Lipinski definition) is 3. The molecule has 178 valence electrons. The van der Waals surface area contributed by atoms with Crippen molar-refractivity contribution in [2.75, 3.05) is 5.32 Å². The lowest BCUT2D eigenvalue weighted by Crippen LogP contribution is -2.38. The summed E-state index contributed by atoms with van der Waals surface area (Å²) in [4.78, 5) is 27.7. The van der Waals surface area contributed by atoms with Crippen LogP contribution in [0.2, 0.25) is 0 Å². The van der Waals surface area contributed by atoms with Gasteiger partial charge < -0.3 is 25.6 Å².